The summed E-state index contributed by atoms with van der Waals surface area (Å²) in [5.74, 6) is -1.14. The fourth-order valence-corrected chi connectivity index (χ4v) is 3.83. The van der Waals surface area contributed by atoms with Crippen molar-refractivity contribution >= 4 is 38.4 Å². The third kappa shape index (κ3) is 2.84. The molecule has 3 aromatic carbocycles. The second-order valence-electron chi connectivity index (χ2n) is 6.27. The van der Waals surface area contributed by atoms with Gasteiger partial charge in [-0.05, 0) is 41.3 Å². The van der Waals surface area contributed by atoms with E-state index in [9.17, 15) is 22.6 Å². The Bertz CT molecular complexity index is 1230. The van der Waals surface area contributed by atoms with Gasteiger partial charge in [-0.2, -0.15) is 0 Å². The van der Waals surface area contributed by atoms with Crippen LogP contribution >= 0.6 is 0 Å². The topological polar surface area (TPSA) is 121 Å². The quantitative estimate of drug-likeness (QED) is 0.421. The van der Waals surface area contributed by atoms with E-state index in [2.05, 4.69) is 0 Å². The predicted octanol–water partition coefficient (Wildman–Crippen LogP) is 2.12. The van der Waals surface area contributed by atoms with Crippen LogP contribution in [0.15, 0.2) is 59.5 Å². The summed E-state index contributed by atoms with van der Waals surface area (Å²) in [5, 5.41) is 0.702. The van der Waals surface area contributed by atoms with Crippen molar-refractivity contribution in [2.24, 2.45) is 0 Å². The zero-order valence-corrected chi connectivity index (χ0v) is 14.7. The lowest BCUT2D eigenvalue weighted by Crippen LogP contribution is -2.39. The zero-order valence-electron chi connectivity index (χ0n) is 13.9. The third-order valence-corrected chi connectivity index (χ3v) is 5.29. The van der Waals surface area contributed by atoms with E-state index in [4.69, 9.17) is 5.73 Å². The number of carbonyl (C=O) groups excluding carboxylic acids is 2. The number of benzene rings is 3. The van der Waals surface area contributed by atoms with E-state index in [0.717, 1.165) is 11.0 Å². The molecule has 0 fully saturated rings. The molecule has 1 aliphatic rings. The van der Waals surface area contributed by atoms with Crippen molar-refractivity contribution < 1.29 is 22.6 Å². The molecule has 136 valence electrons. The van der Waals surface area contributed by atoms with Crippen LogP contribution in [-0.2, 0) is 16.7 Å². The molecular weight excluding hydrogens is 368 g/mol. The molecule has 27 heavy (non-hydrogen) atoms. The van der Waals surface area contributed by atoms with Gasteiger partial charge in [-0.1, -0.05) is 24.3 Å². The first kappa shape index (κ1) is 17.2. The summed E-state index contributed by atoms with van der Waals surface area (Å²) in [7, 11) is -4.76. The van der Waals surface area contributed by atoms with E-state index in [-0.39, 0.29) is 17.7 Å². The van der Waals surface area contributed by atoms with Gasteiger partial charge >= 0.3 is 0 Å². The van der Waals surface area contributed by atoms with Gasteiger partial charge in [-0.15, -0.1) is 0 Å². The molecule has 2 N–H and O–H groups in total. The van der Waals surface area contributed by atoms with Crippen molar-refractivity contribution in [3.63, 3.8) is 0 Å². The van der Waals surface area contributed by atoms with Crippen LogP contribution < -0.4 is 5.73 Å². The van der Waals surface area contributed by atoms with Crippen molar-refractivity contribution in [1.82, 2.24) is 4.90 Å². The maximum Gasteiger partial charge on any atom is 0.261 e. The lowest BCUT2D eigenvalue weighted by Gasteiger charge is -2.28. The maximum atomic E-state index is 13.0. The molecule has 0 unspecified atom stereocenters. The second-order valence-corrected chi connectivity index (χ2v) is 7.65. The molecule has 7 nitrogen and oxygen atoms in total. The standard InChI is InChI=1S/C19H14N2O5S/c20-13-5-1-3-11(7-13)10-21-18(22)15-6-2-4-12-8-14(27(24,25)26)9-16(17(12)15)19(21)23/h1-9H,10,20H2,(H,24,25,26)/p-1. The average molecular weight is 381 g/mol. The Morgan fingerprint density at radius 2 is 1.63 bits per heavy atom. The fourth-order valence-electron chi connectivity index (χ4n) is 3.29. The molecule has 0 aliphatic carbocycles. The van der Waals surface area contributed by atoms with E-state index in [0.29, 0.717) is 22.0 Å². The summed E-state index contributed by atoms with van der Waals surface area (Å²) in [6.45, 7) is -0.0209. The van der Waals surface area contributed by atoms with Gasteiger partial charge in [0.15, 0.2) is 0 Å². The molecule has 0 spiro atoms. The van der Waals surface area contributed by atoms with Crippen LogP contribution in [0.25, 0.3) is 10.8 Å². The highest BCUT2D eigenvalue weighted by Crippen LogP contribution is 2.33. The minimum absolute atomic E-state index is 0.0148. The third-order valence-electron chi connectivity index (χ3n) is 4.48. The van der Waals surface area contributed by atoms with Crippen LogP contribution in [0, 0.1) is 0 Å². The minimum atomic E-state index is -4.76. The first-order valence-corrected chi connectivity index (χ1v) is 9.40. The summed E-state index contributed by atoms with van der Waals surface area (Å²) in [6, 6.07) is 13.7. The van der Waals surface area contributed by atoms with Gasteiger partial charge in [-0.25, -0.2) is 8.42 Å². The van der Waals surface area contributed by atoms with Crippen molar-refractivity contribution in [3.8, 4) is 0 Å². The van der Waals surface area contributed by atoms with Crippen molar-refractivity contribution in [2.75, 3.05) is 5.73 Å². The molecule has 4 rings (SSSR count). The molecule has 1 heterocycles. The van der Waals surface area contributed by atoms with Gasteiger partial charge in [-0.3, -0.25) is 14.5 Å². The highest BCUT2D eigenvalue weighted by molar-refractivity contribution is 7.85. The Hall–Kier alpha value is -3.23. The molecule has 0 radical (unpaired) electrons. The van der Waals surface area contributed by atoms with Crippen LogP contribution in [-0.4, -0.2) is 29.7 Å². The summed E-state index contributed by atoms with van der Waals surface area (Å²) in [6.07, 6.45) is 0. The van der Waals surface area contributed by atoms with Gasteiger partial charge in [0.1, 0.15) is 10.1 Å². The minimum Gasteiger partial charge on any atom is -0.744 e. The smallest absolute Gasteiger partial charge is 0.261 e. The molecule has 0 aromatic heterocycles. The van der Waals surface area contributed by atoms with Gasteiger partial charge in [0.05, 0.1) is 11.4 Å². The number of carbonyl (C=O) groups is 2. The van der Waals surface area contributed by atoms with E-state index in [1.165, 1.54) is 6.07 Å². The summed E-state index contributed by atoms with van der Waals surface area (Å²) in [4.78, 5) is 26.4. The normalized spacial score (nSPS) is 14.0. The Balaban J connectivity index is 1.90. The number of nitrogen functional groups attached to an aromatic ring is 1. The second kappa shape index (κ2) is 5.90. The van der Waals surface area contributed by atoms with Gasteiger partial charge in [0.2, 0.25) is 0 Å². The number of rotatable bonds is 3. The Labute approximate surface area is 154 Å². The number of hydrogen-bond donors (Lipinski definition) is 1. The number of nitrogens with zero attached hydrogens (tertiary/aromatic N) is 1. The van der Waals surface area contributed by atoms with E-state index in [1.807, 2.05) is 0 Å². The number of hydrogen-bond acceptors (Lipinski definition) is 6. The van der Waals surface area contributed by atoms with Crippen LogP contribution in [0.2, 0.25) is 0 Å². The van der Waals surface area contributed by atoms with Crippen molar-refractivity contribution in [1.29, 1.82) is 0 Å². The Kier molecular flexibility index (Phi) is 3.76. The summed E-state index contributed by atoms with van der Waals surface area (Å²) >= 11 is 0. The lowest BCUT2D eigenvalue weighted by molar-refractivity contribution is 0.0598. The van der Waals surface area contributed by atoms with Crippen LogP contribution in [0.4, 0.5) is 5.69 Å². The van der Waals surface area contributed by atoms with Crippen LogP contribution in [0.1, 0.15) is 26.3 Å². The molecule has 2 amide bonds. The highest BCUT2D eigenvalue weighted by atomic mass is 32.2. The molecular formula is C19H13N2O5S-. The fraction of sp³-hybridized carbons (Fsp3) is 0.0526. The maximum absolute atomic E-state index is 13.0. The number of amides is 2. The van der Waals surface area contributed by atoms with Crippen molar-refractivity contribution in [2.45, 2.75) is 11.4 Å². The molecule has 1 aliphatic heterocycles. The SMILES string of the molecule is Nc1cccc(CN2C(=O)c3cccc4cc(S(=O)(=O)[O-])cc(c34)C2=O)c1. The zero-order chi connectivity index (χ0) is 19.3. The monoisotopic (exact) mass is 381 g/mol. The van der Waals surface area contributed by atoms with Crippen LogP contribution in [0.3, 0.4) is 0 Å². The largest absolute Gasteiger partial charge is 0.744 e. The van der Waals surface area contributed by atoms with Crippen molar-refractivity contribution in [3.05, 3.63) is 71.3 Å². The molecule has 0 saturated carbocycles. The van der Waals surface area contributed by atoms with Crippen LogP contribution in [0.5, 0.6) is 0 Å². The van der Waals surface area contributed by atoms with E-state index in [1.54, 1.807) is 42.5 Å². The van der Waals surface area contributed by atoms with E-state index >= 15 is 0 Å². The first-order chi connectivity index (χ1) is 12.8. The summed E-state index contributed by atoms with van der Waals surface area (Å²) < 4.78 is 34.4. The van der Waals surface area contributed by atoms with Gasteiger partial charge in [0, 0.05) is 22.2 Å². The predicted molar refractivity (Wildman–Crippen MR) is 97.0 cm³/mol. The Morgan fingerprint density at radius 3 is 2.33 bits per heavy atom. The van der Waals surface area contributed by atoms with Gasteiger partial charge < -0.3 is 10.3 Å². The number of anilines is 1. The highest BCUT2D eigenvalue weighted by Gasteiger charge is 2.33. The molecule has 0 saturated heterocycles. The molecule has 8 heteroatoms. The lowest BCUT2D eigenvalue weighted by atomic mass is 9.94. The molecule has 0 atom stereocenters. The number of nitrogens with two attached hydrogens (primary N) is 1. The summed E-state index contributed by atoms with van der Waals surface area (Å²) in [5.41, 5.74) is 7.19. The first-order valence-electron chi connectivity index (χ1n) is 7.99. The molecule has 0 bridgehead atoms. The Morgan fingerprint density at radius 1 is 0.926 bits per heavy atom. The average Bonchev–Trinajstić information content (AvgIpc) is 2.62. The van der Waals surface area contributed by atoms with Gasteiger partial charge in [0.25, 0.3) is 11.8 Å². The molecule has 3 aromatic rings. The van der Waals surface area contributed by atoms with E-state index < -0.39 is 26.8 Å². The number of imide groups is 1.